The Balaban J connectivity index is 2.58. The lowest BCUT2D eigenvalue weighted by Gasteiger charge is -2.18. The van der Waals surface area contributed by atoms with Gasteiger partial charge in [0, 0.05) is 4.90 Å². The standard InChI is InChI=1S/C15H21NO4S/c1-4-5-13(15(18)19)16-14(17)10(2)20-11-6-8-12(21-3)9-7-11/h6-10,13H,4-5H2,1-3H3,(H,16,17)(H,18,19). The average Bonchev–Trinajstić information content (AvgIpc) is 2.47. The lowest BCUT2D eigenvalue weighted by molar-refractivity contribution is -0.143. The third-order valence-electron chi connectivity index (χ3n) is 2.93. The number of carbonyl (C=O) groups is 2. The highest BCUT2D eigenvalue weighted by Crippen LogP contribution is 2.19. The monoisotopic (exact) mass is 311 g/mol. The van der Waals surface area contributed by atoms with Gasteiger partial charge in [0.25, 0.3) is 5.91 Å². The lowest BCUT2D eigenvalue weighted by Crippen LogP contribution is -2.46. The minimum absolute atomic E-state index is 0.399. The molecule has 0 spiro atoms. The molecule has 0 aromatic heterocycles. The van der Waals surface area contributed by atoms with E-state index in [1.54, 1.807) is 30.8 Å². The van der Waals surface area contributed by atoms with Crippen molar-refractivity contribution in [2.75, 3.05) is 6.26 Å². The van der Waals surface area contributed by atoms with Gasteiger partial charge in [-0.2, -0.15) is 0 Å². The van der Waals surface area contributed by atoms with Crippen LogP contribution in [0.25, 0.3) is 0 Å². The number of benzene rings is 1. The molecule has 0 saturated heterocycles. The maximum absolute atomic E-state index is 12.0. The number of rotatable bonds is 8. The van der Waals surface area contributed by atoms with Crippen molar-refractivity contribution in [2.45, 2.75) is 43.7 Å². The van der Waals surface area contributed by atoms with Gasteiger partial charge in [0.05, 0.1) is 0 Å². The molecule has 2 atom stereocenters. The SMILES string of the molecule is CCCC(NC(=O)C(C)Oc1ccc(SC)cc1)C(=O)O. The Hall–Kier alpha value is -1.69. The molecule has 2 N–H and O–H groups in total. The summed E-state index contributed by atoms with van der Waals surface area (Å²) >= 11 is 1.62. The van der Waals surface area contributed by atoms with E-state index in [1.165, 1.54) is 0 Å². The number of hydrogen-bond acceptors (Lipinski definition) is 4. The largest absolute Gasteiger partial charge is 0.481 e. The van der Waals surface area contributed by atoms with Crippen LogP contribution in [0.2, 0.25) is 0 Å². The molecule has 0 aliphatic rings. The molecular formula is C15H21NO4S. The van der Waals surface area contributed by atoms with Gasteiger partial charge < -0.3 is 15.2 Å². The Morgan fingerprint density at radius 1 is 1.33 bits per heavy atom. The summed E-state index contributed by atoms with van der Waals surface area (Å²) in [5, 5.41) is 11.5. The number of hydrogen-bond donors (Lipinski definition) is 2. The fraction of sp³-hybridized carbons (Fsp3) is 0.467. The summed E-state index contributed by atoms with van der Waals surface area (Å²) in [6, 6.07) is 6.52. The summed E-state index contributed by atoms with van der Waals surface area (Å²) in [7, 11) is 0. The Kier molecular flexibility index (Phi) is 7.08. The highest BCUT2D eigenvalue weighted by Gasteiger charge is 2.23. The second-order valence-corrected chi connectivity index (χ2v) is 5.50. The molecule has 6 heteroatoms. The minimum Gasteiger partial charge on any atom is -0.481 e. The highest BCUT2D eigenvalue weighted by atomic mass is 32.2. The fourth-order valence-corrected chi connectivity index (χ4v) is 2.16. The summed E-state index contributed by atoms with van der Waals surface area (Å²) < 4.78 is 5.52. The predicted octanol–water partition coefficient (Wildman–Crippen LogP) is 2.55. The molecule has 2 unspecified atom stereocenters. The normalized spacial score (nSPS) is 13.3. The summed E-state index contributed by atoms with van der Waals surface area (Å²) in [4.78, 5) is 24.1. The molecule has 0 saturated carbocycles. The van der Waals surface area contributed by atoms with Crippen molar-refractivity contribution in [2.24, 2.45) is 0 Å². The van der Waals surface area contributed by atoms with Crippen molar-refractivity contribution in [3.63, 3.8) is 0 Å². The van der Waals surface area contributed by atoms with Crippen molar-refractivity contribution >= 4 is 23.6 Å². The van der Waals surface area contributed by atoms with E-state index in [9.17, 15) is 9.59 Å². The molecule has 0 aliphatic heterocycles. The number of aliphatic carboxylic acids is 1. The number of thioether (sulfide) groups is 1. The average molecular weight is 311 g/mol. The first-order chi connectivity index (χ1) is 9.97. The quantitative estimate of drug-likeness (QED) is 0.722. The highest BCUT2D eigenvalue weighted by molar-refractivity contribution is 7.98. The molecule has 0 bridgehead atoms. The van der Waals surface area contributed by atoms with Gasteiger partial charge >= 0.3 is 5.97 Å². The van der Waals surface area contributed by atoms with E-state index in [-0.39, 0.29) is 0 Å². The third kappa shape index (κ3) is 5.67. The second-order valence-electron chi connectivity index (χ2n) is 4.62. The molecule has 1 amide bonds. The van der Waals surface area contributed by atoms with Crippen LogP contribution in [0.5, 0.6) is 5.75 Å². The molecule has 0 heterocycles. The van der Waals surface area contributed by atoms with Crippen LogP contribution in [0.4, 0.5) is 0 Å². The fourth-order valence-electron chi connectivity index (χ4n) is 1.75. The predicted molar refractivity (Wildman–Crippen MR) is 82.8 cm³/mol. The van der Waals surface area contributed by atoms with Crippen LogP contribution in [0.1, 0.15) is 26.7 Å². The number of carboxylic acid groups (broad SMARTS) is 1. The van der Waals surface area contributed by atoms with Crippen molar-refractivity contribution in [1.82, 2.24) is 5.32 Å². The van der Waals surface area contributed by atoms with Crippen LogP contribution >= 0.6 is 11.8 Å². The van der Waals surface area contributed by atoms with Gasteiger partial charge in [-0.25, -0.2) is 4.79 Å². The Bertz CT molecular complexity index is 475. The molecule has 5 nitrogen and oxygen atoms in total. The van der Waals surface area contributed by atoms with Crippen LogP contribution in [0.15, 0.2) is 29.2 Å². The molecule has 0 fully saturated rings. The van der Waals surface area contributed by atoms with Crippen molar-refractivity contribution in [1.29, 1.82) is 0 Å². The zero-order valence-electron chi connectivity index (χ0n) is 12.5. The van der Waals surface area contributed by atoms with E-state index in [0.29, 0.717) is 18.6 Å². The molecule has 1 rings (SSSR count). The molecule has 0 radical (unpaired) electrons. The van der Waals surface area contributed by atoms with Crippen LogP contribution in [0.3, 0.4) is 0 Å². The summed E-state index contributed by atoms with van der Waals surface area (Å²) in [5.74, 6) is -0.871. The zero-order valence-corrected chi connectivity index (χ0v) is 13.3. The van der Waals surface area contributed by atoms with E-state index in [1.807, 2.05) is 25.3 Å². The molecule has 0 aliphatic carbocycles. The molecule has 21 heavy (non-hydrogen) atoms. The number of carboxylic acids is 1. The first kappa shape index (κ1) is 17.4. The molecular weight excluding hydrogens is 290 g/mol. The topological polar surface area (TPSA) is 75.6 Å². The first-order valence-electron chi connectivity index (χ1n) is 6.81. The zero-order chi connectivity index (χ0) is 15.8. The number of ether oxygens (including phenoxy) is 1. The Morgan fingerprint density at radius 2 is 1.95 bits per heavy atom. The van der Waals surface area contributed by atoms with Gasteiger partial charge in [-0.15, -0.1) is 11.8 Å². The maximum atomic E-state index is 12.0. The van der Waals surface area contributed by atoms with Gasteiger partial charge in [-0.1, -0.05) is 13.3 Å². The van der Waals surface area contributed by atoms with Gasteiger partial charge in [0.1, 0.15) is 11.8 Å². The van der Waals surface area contributed by atoms with Gasteiger partial charge in [-0.05, 0) is 43.9 Å². The summed E-state index contributed by atoms with van der Waals surface area (Å²) in [6.45, 7) is 3.47. The van der Waals surface area contributed by atoms with E-state index in [4.69, 9.17) is 9.84 Å². The molecule has 1 aromatic rings. The van der Waals surface area contributed by atoms with Crippen LogP contribution < -0.4 is 10.1 Å². The second kappa shape index (κ2) is 8.56. The van der Waals surface area contributed by atoms with Gasteiger partial charge in [0.2, 0.25) is 0 Å². The summed E-state index contributed by atoms with van der Waals surface area (Å²) in [5.41, 5.74) is 0. The van der Waals surface area contributed by atoms with Crippen molar-refractivity contribution in [3.8, 4) is 5.75 Å². The number of nitrogens with one attached hydrogen (secondary N) is 1. The number of amides is 1. The lowest BCUT2D eigenvalue weighted by atomic mass is 10.1. The van der Waals surface area contributed by atoms with Gasteiger partial charge in [0.15, 0.2) is 6.10 Å². The van der Waals surface area contributed by atoms with E-state index in [2.05, 4.69) is 5.32 Å². The Labute approximate surface area is 129 Å². The maximum Gasteiger partial charge on any atom is 0.326 e. The van der Waals surface area contributed by atoms with Crippen LogP contribution in [-0.2, 0) is 9.59 Å². The van der Waals surface area contributed by atoms with E-state index in [0.717, 1.165) is 4.90 Å². The number of carbonyl (C=O) groups excluding carboxylic acids is 1. The minimum atomic E-state index is -1.03. The third-order valence-corrected chi connectivity index (χ3v) is 3.68. The van der Waals surface area contributed by atoms with Crippen molar-refractivity contribution in [3.05, 3.63) is 24.3 Å². The Morgan fingerprint density at radius 3 is 2.43 bits per heavy atom. The van der Waals surface area contributed by atoms with Gasteiger partial charge in [-0.3, -0.25) is 4.79 Å². The van der Waals surface area contributed by atoms with Crippen LogP contribution in [-0.4, -0.2) is 35.4 Å². The first-order valence-corrected chi connectivity index (χ1v) is 8.04. The van der Waals surface area contributed by atoms with E-state index < -0.39 is 24.0 Å². The smallest absolute Gasteiger partial charge is 0.326 e. The molecule has 116 valence electrons. The van der Waals surface area contributed by atoms with Crippen molar-refractivity contribution < 1.29 is 19.4 Å². The van der Waals surface area contributed by atoms with Crippen LogP contribution in [0, 0.1) is 0 Å². The molecule has 1 aromatic carbocycles. The summed E-state index contributed by atoms with van der Waals surface area (Å²) in [6.07, 6.45) is 2.31. The van der Waals surface area contributed by atoms with E-state index >= 15 is 0 Å².